The Labute approximate surface area is 70.5 Å². The summed E-state index contributed by atoms with van der Waals surface area (Å²) in [6, 6.07) is 0. The fourth-order valence-electron chi connectivity index (χ4n) is 0.862. The summed E-state index contributed by atoms with van der Waals surface area (Å²) in [7, 11) is 3.00. The molecule has 0 amide bonds. The predicted molar refractivity (Wildman–Crippen MR) is 42.1 cm³/mol. The van der Waals surface area contributed by atoms with Gasteiger partial charge in [-0.05, 0) is 6.32 Å². The number of rotatable bonds is 2. The van der Waals surface area contributed by atoms with Crippen molar-refractivity contribution < 1.29 is 13.2 Å². The monoisotopic (exact) mass is 175 g/mol. The van der Waals surface area contributed by atoms with Crippen molar-refractivity contribution in [1.29, 1.82) is 0 Å². The van der Waals surface area contributed by atoms with Crippen molar-refractivity contribution in [2.45, 2.75) is 18.9 Å². The molecule has 1 heterocycles. The fourth-order valence-corrected chi connectivity index (χ4v) is 0.862. The topological polar surface area (TPSA) is 36.1 Å². The molecular formula is C3H7B3F3N3. The molecule has 0 aliphatic carbocycles. The molecule has 0 bridgehead atoms. The van der Waals surface area contributed by atoms with E-state index in [0.29, 0.717) is 0 Å². The van der Waals surface area contributed by atoms with Crippen LogP contribution in [0.15, 0.2) is 0 Å². The standard InChI is InChI=1S/C3H7B3F3N3/c7-3(8,9)1-2-6-11-4-10-5-12-6/h10-12H,1-2H2. The molecule has 0 atom stereocenters. The first kappa shape index (κ1) is 9.95. The molecule has 0 saturated carbocycles. The summed E-state index contributed by atoms with van der Waals surface area (Å²) in [5, 5.41) is 8.08. The first-order valence-corrected chi connectivity index (χ1v) is 3.56. The lowest BCUT2D eigenvalue weighted by molar-refractivity contribution is -0.130. The summed E-state index contributed by atoms with van der Waals surface area (Å²) < 4.78 is 35.2. The van der Waals surface area contributed by atoms with Crippen molar-refractivity contribution in [3.05, 3.63) is 0 Å². The molecule has 9 heteroatoms. The molecule has 1 rings (SSSR count). The summed E-state index contributed by atoms with van der Waals surface area (Å²) in [6.07, 6.45) is -4.83. The highest BCUT2D eigenvalue weighted by Gasteiger charge is 2.30. The molecule has 3 N–H and O–H groups in total. The molecule has 0 aromatic heterocycles. The Morgan fingerprint density at radius 2 is 1.75 bits per heavy atom. The van der Waals surface area contributed by atoms with Crippen molar-refractivity contribution in [2.75, 3.05) is 0 Å². The highest BCUT2D eigenvalue weighted by molar-refractivity contribution is 6.75. The van der Waals surface area contributed by atoms with Crippen LogP contribution in [0.2, 0.25) is 6.32 Å². The van der Waals surface area contributed by atoms with Crippen LogP contribution in [0.3, 0.4) is 0 Å². The SMILES string of the molecule is FC(F)(F)CCB1N[B]N[B]N1. The third-order valence-corrected chi connectivity index (χ3v) is 1.45. The van der Waals surface area contributed by atoms with Crippen LogP contribution in [0, 0.1) is 0 Å². The molecule has 0 spiro atoms. The first-order chi connectivity index (χ1) is 5.58. The van der Waals surface area contributed by atoms with Crippen LogP contribution < -0.4 is 15.4 Å². The second-order valence-corrected chi connectivity index (χ2v) is 2.50. The predicted octanol–water partition coefficient (Wildman–Crippen LogP) is -0.722. The zero-order chi connectivity index (χ0) is 9.03. The average Bonchev–Trinajstić information content (AvgIpc) is 2.02. The van der Waals surface area contributed by atoms with Crippen molar-refractivity contribution in [2.24, 2.45) is 0 Å². The van der Waals surface area contributed by atoms with Gasteiger partial charge in [0.25, 0.3) is 22.1 Å². The van der Waals surface area contributed by atoms with Gasteiger partial charge in [-0.1, -0.05) is 0 Å². The highest BCUT2D eigenvalue weighted by Crippen LogP contribution is 2.21. The lowest BCUT2D eigenvalue weighted by Gasteiger charge is -2.21. The van der Waals surface area contributed by atoms with E-state index in [-0.39, 0.29) is 13.3 Å². The molecule has 1 saturated heterocycles. The Morgan fingerprint density at radius 3 is 2.25 bits per heavy atom. The van der Waals surface area contributed by atoms with Gasteiger partial charge in [-0.25, -0.2) is 0 Å². The Morgan fingerprint density at radius 1 is 1.17 bits per heavy atom. The van der Waals surface area contributed by atoms with E-state index in [4.69, 9.17) is 0 Å². The molecule has 3 nitrogen and oxygen atoms in total. The Hall–Kier alpha value is -0.135. The quantitative estimate of drug-likeness (QED) is 0.484. The van der Waals surface area contributed by atoms with Gasteiger partial charge >= 0.3 is 6.18 Å². The van der Waals surface area contributed by atoms with Gasteiger partial charge < -0.3 is 15.4 Å². The zero-order valence-electron chi connectivity index (χ0n) is 6.28. The van der Waals surface area contributed by atoms with Crippen LogP contribution in [-0.2, 0) is 0 Å². The zero-order valence-corrected chi connectivity index (χ0v) is 6.28. The van der Waals surface area contributed by atoms with Crippen molar-refractivity contribution in [3.8, 4) is 0 Å². The van der Waals surface area contributed by atoms with E-state index in [0.717, 1.165) is 0 Å². The number of hydrogen-bond donors (Lipinski definition) is 3. The molecule has 0 aromatic rings. The van der Waals surface area contributed by atoms with Gasteiger partial charge in [-0.15, -0.1) is 0 Å². The number of alkyl halides is 3. The van der Waals surface area contributed by atoms with Gasteiger partial charge in [0.2, 0.25) is 0 Å². The first-order valence-electron chi connectivity index (χ1n) is 3.56. The van der Waals surface area contributed by atoms with Gasteiger partial charge in [0, 0.05) is 6.42 Å². The molecule has 0 unspecified atom stereocenters. The van der Waals surface area contributed by atoms with Crippen molar-refractivity contribution in [3.63, 3.8) is 0 Å². The fraction of sp³-hybridized carbons (Fsp3) is 1.00. The van der Waals surface area contributed by atoms with E-state index in [9.17, 15) is 13.2 Å². The molecule has 1 aliphatic rings. The number of hydrogen-bond acceptors (Lipinski definition) is 3. The highest BCUT2D eigenvalue weighted by atomic mass is 19.4. The maximum Gasteiger partial charge on any atom is 0.388 e. The summed E-state index contributed by atoms with van der Waals surface area (Å²) in [4.78, 5) is 0. The molecule has 2 radical (unpaired) electrons. The van der Waals surface area contributed by atoms with E-state index in [1.54, 1.807) is 0 Å². The second kappa shape index (κ2) is 4.20. The molecular weight excluding hydrogens is 167 g/mol. The van der Waals surface area contributed by atoms with Crippen LogP contribution >= 0.6 is 0 Å². The lowest BCUT2D eigenvalue weighted by atomic mass is 9.62. The van der Waals surface area contributed by atoms with E-state index >= 15 is 0 Å². The minimum absolute atomic E-state index is 0.0260. The van der Waals surface area contributed by atoms with Gasteiger partial charge in [0.15, 0.2) is 0 Å². The van der Waals surface area contributed by atoms with E-state index in [1.807, 2.05) is 0 Å². The smallest absolute Gasteiger partial charge is 0.379 e. The van der Waals surface area contributed by atoms with Crippen molar-refractivity contribution >= 4 is 22.1 Å². The van der Waals surface area contributed by atoms with Crippen molar-refractivity contribution in [1.82, 2.24) is 15.4 Å². The van der Waals surface area contributed by atoms with Gasteiger partial charge in [-0.2, -0.15) is 13.2 Å². The number of halogens is 3. The third kappa shape index (κ3) is 4.03. The van der Waals surface area contributed by atoms with Gasteiger partial charge in [0.05, 0.1) is 0 Å². The minimum Gasteiger partial charge on any atom is -0.379 e. The van der Waals surface area contributed by atoms with Crippen LogP contribution in [0.25, 0.3) is 0 Å². The van der Waals surface area contributed by atoms with Crippen LogP contribution in [0.1, 0.15) is 6.42 Å². The van der Waals surface area contributed by atoms with Crippen LogP contribution in [0.5, 0.6) is 0 Å². The third-order valence-electron chi connectivity index (χ3n) is 1.45. The lowest BCUT2D eigenvalue weighted by Crippen LogP contribution is -2.63. The van der Waals surface area contributed by atoms with Crippen LogP contribution in [0.4, 0.5) is 13.2 Å². The summed E-state index contributed by atoms with van der Waals surface area (Å²) >= 11 is 0. The Kier molecular flexibility index (Phi) is 3.48. The van der Waals surface area contributed by atoms with Gasteiger partial charge in [0.1, 0.15) is 0 Å². The normalized spacial score (nSPS) is 18.4. The largest absolute Gasteiger partial charge is 0.388 e. The molecule has 1 aliphatic heterocycles. The summed E-state index contributed by atoms with van der Waals surface area (Å²) in [6.45, 7) is -0.326. The van der Waals surface area contributed by atoms with Gasteiger partial charge in [-0.3, -0.25) is 0 Å². The van der Waals surface area contributed by atoms with E-state index in [2.05, 4.69) is 15.4 Å². The molecule has 1 fully saturated rings. The maximum atomic E-state index is 11.7. The molecule has 12 heavy (non-hydrogen) atoms. The Balaban J connectivity index is 2.13. The summed E-state index contributed by atoms with van der Waals surface area (Å²) in [5.41, 5.74) is 0. The van der Waals surface area contributed by atoms with Crippen LogP contribution in [-0.4, -0.2) is 28.3 Å². The molecule has 64 valence electrons. The van der Waals surface area contributed by atoms with E-state index in [1.165, 1.54) is 15.1 Å². The minimum atomic E-state index is -4.08. The number of nitrogens with one attached hydrogen (secondary N) is 3. The van der Waals surface area contributed by atoms with E-state index < -0.39 is 12.6 Å². The molecule has 0 aromatic carbocycles. The maximum absolute atomic E-state index is 11.7. The average molecular weight is 175 g/mol. The summed E-state index contributed by atoms with van der Waals surface area (Å²) in [5.74, 6) is 0. The Bertz CT molecular complexity index is 136. The second-order valence-electron chi connectivity index (χ2n) is 2.50.